The van der Waals surface area contributed by atoms with Crippen LogP contribution in [0.1, 0.15) is 68.1 Å². The number of esters is 1. The van der Waals surface area contributed by atoms with Gasteiger partial charge < -0.3 is 29.5 Å². The molecule has 0 bridgehead atoms. The first-order chi connectivity index (χ1) is 24.3. The Hall–Kier alpha value is -5.26. The summed E-state index contributed by atoms with van der Waals surface area (Å²) in [4.78, 5) is 61.6. The van der Waals surface area contributed by atoms with Crippen LogP contribution in [0.2, 0.25) is 0 Å². The molecule has 2 aromatic heterocycles. The molecule has 7 rings (SSSR count). The smallest absolute Gasteiger partial charge is 0.332 e. The number of fused-ring (bicyclic) bond motifs is 5. The van der Waals surface area contributed by atoms with E-state index in [4.69, 9.17) is 19.0 Å². The Morgan fingerprint density at radius 3 is 2.62 bits per heavy atom. The van der Waals surface area contributed by atoms with Crippen LogP contribution in [0.4, 0.5) is 0 Å². The second-order valence-corrected chi connectivity index (χ2v) is 13.4. The first kappa shape index (κ1) is 33.2. The van der Waals surface area contributed by atoms with Crippen LogP contribution in [-0.2, 0) is 19.1 Å². The van der Waals surface area contributed by atoms with Gasteiger partial charge in [0.25, 0.3) is 5.91 Å². The lowest BCUT2D eigenvalue weighted by atomic mass is 10.0. The molecular weight excluding hydrogens is 638 g/mol. The predicted octanol–water partition coefficient (Wildman–Crippen LogP) is 4.79. The maximum Gasteiger partial charge on any atom is 0.332 e. The summed E-state index contributed by atoms with van der Waals surface area (Å²) in [6, 6.07) is 15.2. The summed E-state index contributed by atoms with van der Waals surface area (Å²) in [6.45, 7) is 3.66. The average molecular weight is 680 g/mol. The fraction of sp³-hybridized carbons (Fsp3) is 0.421. The van der Waals surface area contributed by atoms with Crippen LogP contribution < -0.4 is 15.4 Å². The van der Waals surface area contributed by atoms with Crippen LogP contribution in [-0.4, -0.2) is 75.6 Å². The highest BCUT2D eigenvalue weighted by Gasteiger charge is 2.62. The summed E-state index contributed by atoms with van der Waals surface area (Å²) in [5, 5.41) is 12.5. The third kappa shape index (κ3) is 6.54. The Bertz CT molecular complexity index is 1970. The van der Waals surface area contributed by atoms with Gasteiger partial charge in [-0.25, -0.2) is 9.78 Å². The van der Waals surface area contributed by atoms with E-state index in [0.717, 1.165) is 40.9 Å². The minimum Gasteiger partial charge on any atom is -0.472 e. The molecule has 260 valence electrons. The third-order valence-corrected chi connectivity index (χ3v) is 9.90. The van der Waals surface area contributed by atoms with Gasteiger partial charge in [-0.1, -0.05) is 66.5 Å². The molecule has 4 aromatic rings. The monoisotopic (exact) mass is 679 g/mol. The molecule has 2 aliphatic heterocycles. The van der Waals surface area contributed by atoms with Gasteiger partial charge in [-0.15, -0.1) is 0 Å². The van der Waals surface area contributed by atoms with Crippen molar-refractivity contribution in [3.63, 3.8) is 0 Å². The molecule has 1 saturated heterocycles. The van der Waals surface area contributed by atoms with Gasteiger partial charge in [-0.3, -0.25) is 14.4 Å². The lowest BCUT2D eigenvalue weighted by Gasteiger charge is -2.29. The van der Waals surface area contributed by atoms with Crippen molar-refractivity contribution in [3.8, 4) is 5.88 Å². The van der Waals surface area contributed by atoms with Gasteiger partial charge in [0.05, 0.1) is 18.7 Å². The molecule has 12 heteroatoms. The van der Waals surface area contributed by atoms with Crippen molar-refractivity contribution in [3.05, 3.63) is 78.2 Å². The highest BCUT2D eigenvalue weighted by Crippen LogP contribution is 2.46. The highest BCUT2D eigenvalue weighted by molar-refractivity contribution is 6.07. The quantitative estimate of drug-likeness (QED) is 0.166. The molecule has 3 aliphatic rings. The number of carbonyl (C=O) groups excluding carboxylic acids is 4. The number of ether oxygens (including phenoxy) is 2. The molecule has 0 radical (unpaired) electrons. The second-order valence-electron chi connectivity index (χ2n) is 13.4. The number of benzene rings is 2. The van der Waals surface area contributed by atoms with Gasteiger partial charge in [-0.05, 0) is 57.0 Å². The summed E-state index contributed by atoms with van der Waals surface area (Å²) in [5.74, 6) is -1.25. The molecule has 1 aliphatic carbocycles. The molecule has 5 atom stereocenters. The van der Waals surface area contributed by atoms with Crippen molar-refractivity contribution < 1.29 is 33.2 Å². The van der Waals surface area contributed by atoms with Crippen molar-refractivity contribution in [1.82, 2.24) is 25.7 Å². The van der Waals surface area contributed by atoms with Gasteiger partial charge >= 0.3 is 5.97 Å². The predicted molar refractivity (Wildman–Crippen MR) is 184 cm³/mol. The Morgan fingerprint density at radius 2 is 1.84 bits per heavy atom. The molecule has 1 saturated carbocycles. The van der Waals surface area contributed by atoms with Crippen LogP contribution in [0.3, 0.4) is 0 Å². The summed E-state index contributed by atoms with van der Waals surface area (Å²) < 4.78 is 17.1. The Balaban J connectivity index is 1.22. The van der Waals surface area contributed by atoms with E-state index in [0.29, 0.717) is 30.9 Å². The topological polar surface area (TPSA) is 153 Å². The first-order valence-corrected chi connectivity index (χ1v) is 17.4. The molecular formula is C38H41N5O7. The summed E-state index contributed by atoms with van der Waals surface area (Å²) in [6.07, 6.45) is 7.53. The van der Waals surface area contributed by atoms with E-state index in [2.05, 4.69) is 15.8 Å². The van der Waals surface area contributed by atoms with Crippen LogP contribution >= 0.6 is 0 Å². The van der Waals surface area contributed by atoms with Gasteiger partial charge in [-0.2, -0.15) is 0 Å². The number of rotatable bonds is 6. The lowest BCUT2D eigenvalue weighted by molar-refractivity contribution is -0.150. The van der Waals surface area contributed by atoms with E-state index in [-0.39, 0.29) is 31.2 Å². The largest absolute Gasteiger partial charge is 0.472 e. The number of hydrogen-bond donors (Lipinski definition) is 2. The summed E-state index contributed by atoms with van der Waals surface area (Å²) >= 11 is 0. The van der Waals surface area contributed by atoms with Crippen molar-refractivity contribution in [2.45, 2.75) is 82.5 Å². The van der Waals surface area contributed by atoms with Crippen molar-refractivity contribution in [2.75, 3.05) is 13.2 Å². The van der Waals surface area contributed by atoms with E-state index in [1.54, 1.807) is 13.8 Å². The normalized spacial score (nSPS) is 26.2. The Morgan fingerprint density at radius 1 is 1.06 bits per heavy atom. The SMILES string of the molecule is CCOC(=O)[C@@]12C[C@H]1/C=C\CCCCC[C@H](NC(=O)c1cc(C)on1)C(=O)N1C[C@H](Oc3nc4ccccc4c4ccccc34)C[C@H]1C(=O)N2. The number of allylic oxidation sites excluding steroid dienone is 1. The number of pyridine rings is 1. The Kier molecular flexibility index (Phi) is 9.26. The van der Waals surface area contributed by atoms with Gasteiger partial charge in [0.1, 0.15) is 29.5 Å². The fourth-order valence-corrected chi connectivity index (χ4v) is 7.22. The summed E-state index contributed by atoms with van der Waals surface area (Å²) in [7, 11) is 0. The molecule has 3 amide bonds. The highest BCUT2D eigenvalue weighted by atomic mass is 16.5. The molecule has 4 heterocycles. The van der Waals surface area contributed by atoms with E-state index in [9.17, 15) is 19.2 Å². The molecule has 0 unspecified atom stereocenters. The maximum atomic E-state index is 14.5. The van der Waals surface area contributed by atoms with Crippen LogP contribution in [0.5, 0.6) is 5.88 Å². The van der Waals surface area contributed by atoms with E-state index >= 15 is 0 Å². The minimum atomic E-state index is -1.20. The zero-order valence-electron chi connectivity index (χ0n) is 28.2. The fourth-order valence-electron chi connectivity index (χ4n) is 7.22. The number of aryl methyl sites for hydroxylation is 1. The average Bonchev–Trinajstić information content (AvgIpc) is 3.39. The zero-order chi connectivity index (χ0) is 34.8. The number of hydrogen-bond acceptors (Lipinski definition) is 9. The van der Waals surface area contributed by atoms with Gasteiger partial charge in [0.2, 0.25) is 17.7 Å². The third-order valence-electron chi connectivity index (χ3n) is 9.90. The molecule has 2 N–H and O–H groups in total. The molecule has 2 fully saturated rings. The minimum absolute atomic E-state index is 0.0682. The summed E-state index contributed by atoms with van der Waals surface area (Å²) in [5.41, 5.74) is -0.372. The number of nitrogens with one attached hydrogen (secondary N) is 2. The molecule has 0 spiro atoms. The maximum absolute atomic E-state index is 14.5. The van der Waals surface area contributed by atoms with E-state index in [1.165, 1.54) is 11.0 Å². The van der Waals surface area contributed by atoms with E-state index in [1.807, 2.05) is 60.7 Å². The number of amides is 3. The number of aromatic nitrogens is 2. The van der Waals surface area contributed by atoms with Crippen LogP contribution in [0, 0.1) is 12.8 Å². The standard InChI is InChI=1S/C38H41N5O7/c1-3-48-37(47)38-21-24(38)13-7-5-4-6-8-18-30(39-33(44)31-19-23(2)50-42-31)36(46)43-22-25(20-32(43)34(45)41-38)49-35-28-16-10-9-14-26(28)27-15-11-12-17-29(27)40-35/h7,9-17,19,24-25,30,32H,3-6,8,18,20-22H2,1-2H3,(H,39,44)(H,41,45)/b13-7-/t24-,25-,30+,32+,38-/m1/s1. The molecule has 12 nitrogen and oxygen atoms in total. The van der Waals surface area contributed by atoms with Crippen LogP contribution in [0.25, 0.3) is 21.7 Å². The zero-order valence-corrected chi connectivity index (χ0v) is 28.2. The van der Waals surface area contributed by atoms with Crippen molar-refractivity contribution in [1.29, 1.82) is 0 Å². The van der Waals surface area contributed by atoms with Gasteiger partial charge in [0.15, 0.2) is 5.69 Å². The lowest BCUT2D eigenvalue weighted by Crippen LogP contribution is -2.56. The number of nitrogens with zero attached hydrogens (tertiary/aromatic N) is 3. The van der Waals surface area contributed by atoms with Crippen molar-refractivity contribution >= 4 is 45.4 Å². The second kappa shape index (κ2) is 13.9. The van der Waals surface area contributed by atoms with Crippen molar-refractivity contribution in [2.24, 2.45) is 5.92 Å². The Labute approximate surface area is 289 Å². The number of para-hydroxylation sites is 1. The molecule has 50 heavy (non-hydrogen) atoms. The first-order valence-electron chi connectivity index (χ1n) is 17.4. The van der Waals surface area contributed by atoms with Crippen LogP contribution in [0.15, 0.2) is 71.3 Å². The van der Waals surface area contributed by atoms with E-state index < -0.39 is 47.4 Å². The van der Waals surface area contributed by atoms with Gasteiger partial charge in [0, 0.05) is 29.2 Å². The molecule has 2 aromatic carbocycles. The number of carbonyl (C=O) groups is 4.